The van der Waals surface area contributed by atoms with Crippen molar-refractivity contribution in [1.29, 1.82) is 0 Å². The Morgan fingerprint density at radius 1 is 1.14 bits per heavy atom. The summed E-state index contributed by atoms with van der Waals surface area (Å²) in [6.07, 6.45) is 1.20. The maximum absolute atomic E-state index is 11.9. The number of amides is 1. The van der Waals surface area contributed by atoms with Gasteiger partial charge in [-0.15, -0.1) is 0 Å². The molecule has 0 aliphatic rings. The van der Waals surface area contributed by atoms with Crippen molar-refractivity contribution in [1.82, 2.24) is 0 Å². The lowest BCUT2D eigenvalue weighted by Crippen LogP contribution is -2.14. The average molecular weight is 284 g/mol. The minimum absolute atomic E-state index is 0.0416. The van der Waals surface area contributed by atoms with E-state index in [1.807, 2.05) is 24.3 Å². The van der Waals surface area contributed by atoms with E-state index in [-0.39, 0.29) is 18.0 Å². The minimum Gasteiger partial charge on any atom is -0.326 e. The Labute approximate surface area is 122 Å². The molecular formula is C16H16N2O3. The lowest BCUT2D eigenvalue weighted by molar-refractivity contribution is -0.384. The normalized spacial score (nSPS) is 10.1. The number of carbonyl (C=O) groups is 1. The molecule has 2 aromatic carbocycles. The third kappa shape index (κ3) is 4.14. The second-order valence-electron chi connectivity index (χ2n) is 4.70. The van der Waals surface area contributed by atoms with Crippen LogP contribution >= 0.6 is 0 Å². The molecule has 1 N–H and O–H groups in total. The average Bonchev–Trinajstić information content (AvgIpc) is 2.48. The van der Waals surface area contributed by atoms with Crippen LogP contribution < -0.4 is 5.32 Å². The van der Waals surface area contributed by atoms with Gasteiger partial charge in [-0.2, -0.15) is 0 Å². The van der Waals surface area contributed by atoms with Crippen LogP contribution in [0.3, 0.4) is 0 Å². The number of benzene rings is 2. The molecule has 108 valence electrons. The molecule has 0 aromatic heterocycles. The topological polar surface area (TPSA) is 72.2 Å². The maximum Gasteiger partial charge on any atom is 0.271 e. The summed E-state index contributed by atoms with van der Waals surface area (Å²) in [7, 11) is 0. The zero-order valence-corrected chi connectivity index (χ0v) is 11.7. The number of nitro groups is 1. The van der Waals surface area contributed by atoms with Gasteiger partial charge in [0.15, 0.2) is 0 Å². The zero-order chi connectivity index (χ0) is 15.2. The third-order valence-electron chi connectivity index (χ3n) is 3.14. The maximum atomic E-state index is 11.9. The predicted molar refractivity (Wildman–Crippen MR) is 81.3 cm³/mol. The van der Waals surface area contributed by atoms with E-state index >= 15 is 0 Å². The van der Waals surface area contributed by atoms with Crippen LogP contribution in [0.4, 0.5) is 11.4 Å². The van der Waals surface area contributed by atoms with Gasteiger partial charge in [-0.1, -0.05) is 37.3 Å². The van der Waals surface area contributed by atoms with Crippen LogP contribution in [0.5, 0.6) is 0 Å². The molecule has 0 spiro atoms. The second kappa shape index (κ2) is 6.65. The highest BCUT2D eigenvalue weighted by Gasteiger charge is 2.08. The van der Waals surface area contributed by atoms with E-state index in [2.05, 4.69) is 12.2 Å². The van der Waals surface area contributed by atoms with Crippen molar-refractivity contribution in [3.8, 4) is 0 Å². The van der Waals surface area contributed by atoms with E-state index < -0.39 is 4.92 Å². The molecule has 0 fully saturated rings. The summed E-state index contributed by atoms with van der Waals surface area (Å²) in [5.74, 6) is -0.195. The third-order valence-corrected chi connectivity index (χ3v) is 3.14. The summed E-state index contributed by atoms with van der Waals surface area (Å²) >= 11 is 0. The summed E-state index contributed by atoms with van der Waals surface area (Å²) in [4.78, 5) is 22.1. The fourth-order valence-electron chi connectivity index (χ4n) is 1.98. The molecule has 2 aromatic rings. The van der Waals surface area contributed by atoms with E-state index in [1.54, 1.807) is 12.1 Å². The largest absolute Gasteiger partial charge is 0.326 e. The fourth-order valence-corrected chi connectivity index (χ4v) is 1.98. The van der Waals surface area contributed by atoms with Crippen molar-refractivity contribution in [2.24, 2.45) is 0 Å². The number of carbonyl (C=O) groups excluding carboxylic acids is 1. The highest BCUT2D eigenvalue weighted by Crippen LogP contribution is 2.17. The van der Waals surface area contributed by atoms with Crippen molar-refractivity contribution in [2.45, 2.75) is 19.8 Å². The number of hydrogen-bond donors (Lipinski definition) is 1. The molecule has 0 aliphatic carbocycles. The number of aryl methyl sites for hydroxylation is 1. The Bertz CT molecular complexity index is 651. The Morgan fingerprint density at radius 2 is 1.81 bits per heavy atom. The first-order valence-corrected chi connectivity index (χ1v) is 6.70. The predicted octanol–water partition coefficient (Wildman–Crippen LogP) is 3.34. The monoisotopic (exact) mass is 284 g/mol. The Morgan fingerprint density at radius 3 is 2.43 bits per heavy atom. The molecule has 1 amide bonds. The Balaban J connectivity index is 2.00. The van der Waals surface area contributed by atoms with Gasteiger partial charge in [-0.3, -0.25) is 14.9 Å². The Kier molecular flexibility index (Phi) is 4.66. The quantitative estimate of drug-likeness (QED) is 0.676. The lowest BCUT2D eigenvalue weighted by atomic mass is 10.1. The van der Waals surface area contributed by atoms with Gasteiger partial charge in [0, 0.05) is 17.8 Å². The molecule has 0 aliphatic heterocycles. The summed E-state index contributed by atoms with van der Waals surface area (Å²) in [5, 5.41) is 13.4. The molecule has 21 heavy (non-hydrogen) atoms. The van der Waals surface area contributed by atoms with Gasteiger partial charge in [-0.25, -0.2) is 0 Å². The zero-order valence-electron chi connectivity index (χ0n) is 11.7. The van der Waals surface area contributed by atoms with Crippen molar-refractivity contribution in [3.63, 3.8) is 0 Å². The number of non-ortho nitro benzene ring substituents is 1. The summed E-state index contributed by atoms with van der Waals surface area (Å²) in [6.45, 7) is 2.07. The van der Waals surface area contributed by atoms with E-state index in [9.17, 15) is 14.9 Å². The number of nitrogens with zero attached hydrogens (tertiary/aromatic N) is 1. The lowest BCUT2D eigenvalue weighted by Gasteiger charge is -2.06. The molecule has 0 bridgehead atoms. The number of anilines is 1. The van der Waals surface area contributed by atoms with Crippen LogP contribution in [0.15, 0.2) is 48.5 Å². The van der Waals surface area contributed by atoms with Crippen molar-refractivity contribution >= 4 is 17.3 Å². The van der Waals surface area contributed by atoms with E-state index in [0.29, 0.717) is 5.69 Å². The Hall–Kier alpha value is -2.69. The number of hydrogen-bond acceptors (Lipinski definition) is 3. The van der Waals surface area contributed by atoms with Gasteiger partial charge >= 0.3 is 0 Å². The minimum atomic E-state index is -0.487. The molecule has 0 atom stereocenters. The van der Waals surface area contributed by atoms with E-state index in [4.69, 9.17) is 0 Å². The summed E-state index contributed by atoms with van der Waals surface area (Å²) < 4.78 is 0. The van der Waals surface area contributed by atoms with Crippen LogP contribution in [0.2, 0.25) is 0 Å². The van der Waals surface area contributed by atoms with Gasteiger partial charge in [0.05, 0.1) is 11.3 Å². The standard InChI is InChI=1S/C16H16N2O3/c1-2-12-6-8-13(9-7-12)10-16(19)17-14-4-3-5-15(11-14)18(20)21/h3-9,11H,2,10H2,1H3,(H,17,19). The molecule has 0 saturated carbocycles. The van der Waals surface area contributed by atoms with Crippen LogP contribution in [0.1, 0.15) is 18.1 Å². The van der Waals surface area contributed by atoms with Crippen LogP contribution in [-0.4, -0.2) is 10.8 Å². The fraction of sp³-hybridized carbons (Fsp3) is 0.188. The first-order chi connectivity index (χ1) is 10.1. The number of nitrogens with one attached hydrogen (secondary N) is 1. The van der Waals surface area contributed by atoms with Gasteiger partial charge in [-0.05, 0) is 23.6 Å². The smallest absolute Gasteiger partial charge is 0.271 e. The molecule has 0 heterocycles. The highest BCUT2D eigenvalue weighted by molar-refractivity contribution is 5.92. The SMILES string of the molecule is CCc1ccc(CC(=O)Nc2cccc([N+](=O)[O-])c2)cc1. The van der Waals surface area contributed by atoms with Crippen LogP contribution in [0.25, 0.3) is 0 Å². The molecule has 2 rings (SSSR count). The molecule has 0 radical (unpaired) electrons. The summed E-state index contributed by atoms with van der Waals surface area (Å²) in [5.41, 5.74) is 2.52. The van der Waals surface area contributed by atoms with Crippen molar-refractivity contribution < 1.29 is 9.72 Å². The van der Waals surface area contributed by atoms with Gasteiger partial charge in [0.1, 0.15) is 0 Å². The van der Waals surface area contributed by atoms with E-state index in [1.165, 1.54) is 17.7 Å². The van der Waals surface area contributed by atoms with Crippen molar-refractivity contribution in [2.75, 3.05) is 5.32 Å². The van der Waals surface area contributed by atoms with Gasteiger partial charge in [0.25, 0.3) is 5.69 Å². The van der Waals surface area contributed by atoms with Crippen molar-refractivity contribution in [3.05, 3.63) is 69.8 Å². The molecule has 5 nitrogen and oxygen atoms in total. The first-order valence-electron chi connectivity index (χ1n) is 6.70. The van der Waals surface area contributed by atoms with Crippen LogP contribution in [-0.2, 0) is 17.6 Å². The highest BCUT2D eigenvalue weighted by atomic mass is 16.6. The number of rotatable bonds is 5. The molecular weight excluding hydrogens is 268 g/mol. The molecule has 0 saturated heterocycles. The van der Waals surface area contributed by atoms with Gasteiger partial charge in [0.2, 0.25) is 5.91 Å². The molecule has 5 heteroatoms. The summed E-state index contributed by atoms with van der Waals surface area (Å²) in [6, 6.07) is 13.7. The van der Waals surface area contributed by atoms with E-state index in [0.717, 1.165) is 12.0 Å². The molecule has 0 unspecified atom stereocenters. The van der Waals surface area contributed by atoms with Gasteiger partial charge < -0.3 is 5.32 Å². The van der Waals surface area contributed by atoms with Crippen LogP contribution in [0, 0.1) is 10.1 Å². The number of nitro benzene ring substituents is 1. The first kappa shape index (κ1) is 14.7. The second-order valence-corrected chi connectivity index (χ2v) is 4.70.